The van der Waals surface area contributed by atoms with Crippen LogP contribution in [0.1, 0.15) is 11.1 Å². The quantitative estimate of drug-likeness (QED) is 0.836. The predicted octanol–water partition coefficient (Wildman–Crippen LogP) is 3.46. The Hall–Kier alpha value is -2.29. The van der Waals surface area contributed by atoms with E-state index in [1.54, 1.807) is 24.4 Å². The predicted molar refractivity (Wildman–Crippen MR) is 73.1 cm³/mol. The number of aryl methyl sites for hydroxylation is 1. The molecule has 0 unspecified atom stereocenters. The van der Waals surface area contributed by atoms with Crippen molar-refractivity contribution in [3.8, 4) is 11.5 Å². The van der Waals surface area contributed by atoms with Gasteiger partial charge in [0.25, 0.3) is 0 Å². The van der Waals surface area contributed by atoms with Crippen LogP contribution in [0, 0.1) is 6.92 Å². The van der Waals surface area contributed by atoms with Crippen LogP contribution < -0.4 is 4.74 Å². The summed E-state index contributed by atoms with van der Waals surface area (Å²) in [7, 11) is 1.52. The first-order valence-corrected chi connectivity index (χ1v) is 5.67. The first kappa shape index (κ1) is 12.2. The van der Waals surface area contributed by atoms with E-state index in [0.29, 0.717) is 5.75 Å². The van der Waals surface area contributed by atoms with Crippen LogP contribution in [-0.2, 0) is 0 Å². The van der Waals surface area contributed by atoms with E-state index in [4.69, 9.17) is 4.74 Å². The molecule has 0 atom stereocenters. The second-order valence-electron chi connectivity index (χ2n) is 4.03. The maximum absolute atomic E-state index is 9.49. The third-order valence-corrected chi connectivity index (χ3v) is 2.57. The van der Waals surface area contributed by atoms with Crippen LogP contribution in [0.4, 0.5) is 5.69 Å². The van der Waals surface area contributed by atoms with Crippen LogP contribution in [0.2, 0.25) is 0 Å². The van der Waals surface area contributed by atoms with Gasteiger partial charge in [-0.15, -0.1) is 0 Å². The summed E-state index contributed by atoms with van der Waals surface area (Å²) in [5.74, 6) is 0.577. The standard InChI is InChI=1S/C15H15NO2/c1-11-4-3-5-13(8-11)16-10-12-6-7-14(17)15(9-12)18-2/h3-10,17H,1-2H3. The minimum Gasteiger partial charge on any atom is -0.504 e. The van der Waals surface area contributed by atoms with Crippen molar-refractivity contribution in [1.29, 1.82) is 0 Å². The van der Waals surface area contributed by atoms with Gasteiger partial charge in [0.1, 0.15) is 0 Å². The lowest BCUT2D eigenvalue weighted by Crippen LogP contribution is -1.86. The molecule has 0 aromatic heterocycles. The molecule has 0 fully saturated rings. The van der Waals surface area contributed by atoms with Crippen molar-refractivity contribution in [2.24, 2.45) is 4.99 Å². The zero-order chi connectivity index (χ0) is 13.0. The second-order valence-corrected chi connectivity index (χ2v) is 4.03. The van der Waals surface area contributed by atoms with Crippen molar-refractivity contribution in [2.45, 2.75) is 6.92 Å². The highest BCUT2D eigenvalue weighted by Gasteiger charge is 2.00. The van der Waals surface area contributed by atoms with Crippen molar-refractivity contribution < 1.29 is 9.84 Å². The van der Waals surface area contributed by atoms with E-state index >= 15 is 0 Å². The van der Waals surface area contributed by atoms with Crippen LogP contribution in [0.15, 0.2) is 47.5 Å². The van der Waals surface area contributed by atoms with Crippen LogP contribution in [-0.4, -0.2) is 18.4 Å². The Balaban J connectivity index is 2.23. The molecule has 2 aromatic rings. The molecule has 0 heterocycles. The minimum atomic E-state index is 0.130. The number of benzene rings is 2. The van der Waals surface area contributed by atoms with E-state index in [2.05, 4.69) is 4.99 Å². The first-order valence-electron chi connectivity index (χ1n) is 5.67. The number of hydrogen-bond donors (Lipinski definition) is 1. The molecule has 0 aliphatic rings. The highest BCUT2D eigenvalue weighted by molar-refractivity contribution is 5.83. The molecular weight excluding hydrogens is 226 g/mol. The minimum absolute atomic E-state index is 0.130. The topological polar surface area (TPSA) is 41.8 Å². The Labute approximate surface area is 106 Å². The summed E-state index contributed by atoms with van der Waals surface area (Å²) >= 11 is 0. The van der Waals surface area contributed by atoms with E-state index in [1.165, 1.54) is 12.7 Å². The van der Waals surface area contributed by atoms with Gasteiger partial charge in [-0.3, -0.25) is 4.99 Å². The second kappa shape index (κ2) is 5.36. The molecule has 1 N–H and O–H groups in total. The highest BCUT2D eigenvalue weighted by Crippen LogP contribution is 2.25. The molecule has 92 valence electrons. The Kier molecular flexibility index (Phi) is 3.63. The van der Waals surface area contributed by atoms with Crippen molar-refractivity contribution in [1.82, 2.24) is 0 Å². The molecule has 0 aliphatic carbocycles. The Morgan fingerprint density at radius 1 is 1.17 bits per heavy atom. The number of nitrogens with zero attached hydrogens (tertiary/aromatic N) is 1. The van der Waals surface area contributed by atoms with Gasteiger partial charge in [-0.05, 0) is 48.4 Å². The summed E-state index contributed by atoms with van der Waals surface area (Å²) in [6.45, 7) is 2.03. The Morgan fingerprint density at radius 3 is 2.72 bits per heavy atom. The van der Waals surface area contributed by atoms with Crippen molar-refractivity contribution in [3.63, 3.8) is 0 Å². The summed E-state index contributed by atoms with van der Waals surface area (Å²) in [6.07, 6.45) is 1.75. The summed E-state index contributed by atoms with van der Waals surface area (Å²) < 4.78 is 5.05. The van der Waals surface area contributed by atoms with E-state index < -0.39 is 0 Å². The third kappa shape index (κ3) is 2.88. The molecular formula is C15H15NO2. The number of aromatic hydroxyl groups is 1. The molecule has 2 rings (SSSR count). The Morgan fingerprint density at radius 2 is 2.00 bits per heavy atom. The van der Waals surface area contributed by atoms with Gasteiger partial charge < -0.3 is 9.84 Å². The molecule has 0 saturated carbocycles. The van der Waals surface area contributed by atoms with Crippen molar-refractivity contribution in [2.75, 3.05) is 7.11 Å². The van der Waals surface area contributed by atoms with Crippen LogP contribution in [0.5, 0.6) is 11.5 Å². The molecule has 0 spiro atoms. The lowest BCUT2D eigenvalue weighted by molar-refractivity contribution is 0.373. The number of phenols is 1. The van der Waals surface area contributed by atoms with Gasteiger partial charge >= 0.3 is 0 Å². The van der Waals surface area contributed by atoms with Gasteiger partial charge in [0.2, 0.25) is 0 Å². The number of hydrogen-bond acceptors (Lipinski definition) is 3. The molecule has 3 heteroatoms. The van der Waals surface area contributed by atoms with Gasteiger partial charge in [-0.25, -0.2) is 0 Å². The molecule has 0 amide bonds. The smallest absolute Gasteiger partial charge is 0.161 e. The lowest BCUT2D eigenvalue weighted by atomic mass is 10.2. The van der Waals surface area contributed by atoms with Crippen LogP contribution >= 0.6 is 0 Å². The zero-order valence-corrected chi connectivity index (χ0v) is 10.4. The van der Waals surface area contributed by atoms with Gasteiger partial charge in [-0.1, -0.05) is 12.1 Å². The fourth-order valence-electron chi connectivity index (χ4n) is 1.63. The van der Waals surface area contributed by atoms with E-state index in [1.807, 2.05) is 31.2 Å². The molecule has 0 radical (unpaired) electrons. The monoisotopic (exact) mass is 241 g/mol. The van der Waals surface area contributed by atoms with Crippen LogP contribution in [0.25, 0.3) is 0 Å². The number of methoxy groups -OCH3 is 1. The van der Waals surface area contributed by atoms with Gasteiger partial charge in [0, 0.05) is 6.21 Å². The molecule has 18 heavy (non-hydrogen) atoms. The van der Waals surface area contributed by atoms with Crippen molar-refractivity contribution >= 4 is 11.9 Å². The van der Waals surface area contributed by atoms with E-state index in [-0.39, 0.29) is 5.75 Å². The SMILES string of the molecule is COc1cc(C=Nc2cccc(C)c2)ccc1O. The summed E-state index contributed by atoms with van der Waals surface area (Å²) in [5, 5.41) is 9.49. The lowest BCUT2D eigenvalue weighted by Gasteiger charge is -2.03. The molecule has 0 saturated heterocycles. The Bertz CT molecular complexity index is 576. The normalized spacial score (nSPS) is 10.8. The summed E-state index contributed by atoms with van der Waals surface area (Å²) in [4.78, 5) is 4.38. The summed E-state index contributed by atoms with van der Waals surface area (Å²) in [5.41, 5.74) is 2.96. The van der Waals surface area contributed by atoms with Crippen molar-refractivity contribution in [3.05, 3.63) is 53.6 Å². The fourth-order valence-corrected chi connectivity index (χ4v) is 1.63. The van der Waals surface area contributed by atoms with Gasteiger partial charge in [0.15, 0.2) is 11.5 Å². The molecule has 3 nitrogen and oxygen atoms in total. The number of aliphatic imine (C=N–C) groups is 1. The first-order chi connectivity index (χ1) is 8.69. The van der Waals surface area contributed by atoms with Gasteiger partial charge in [-0.2, -0.15) is 0 Å². The van der Waals surface area contributed by atoms with Crippen LogP contribution in [0.3, 0.4) is 0 Å². The van der Waals surface area contributed by atoms with Gasteiger partial charge in [0.05, 0.1) is 12.8 Å². The number of phenolic OH excluding ortho intramolecular Hbond substituents is 1. The maximum Gasteiger partial charge on any atom is 0.161 e. The summed E-state index contributed by atoms with van der Waals surface area (Å²) in [6, 6.07) is 13.1. The van der Waals surface area contributed by atoms with E-state index in [0.717, 1.165) is 11.3 Å². The molecule has 2 aromatic carbocycles. The number of rotatable bonds is 3. The maximum atomic E-state index is 9.49. The third-order valence-electron chi connectivity index (χ3n) is 2.57. The fraction of sp³-hybridized carbons (Fsp3) is 0.133. The zero-order valence-electron chi connectivity index (χ0n) is 10.4. The highest BCUT2D eigenvalue weighted by atomic mass is 16.5. The molecule has 0 bridgehead atoms. The largest absolute Gasteiger partial charge is 0.504 e. The van der Waals surface area contributed by atoms with E-state index in [9.17, 15) is 5.11 Å². The average molecular weight is 241 g/mol. The average Bonchev–Trinajstić information content (AvgIpc) is 2.38. The number of ether oxygens (including phenoxy) is 1. The molecule has 0 aliphatic heterocycles.